The van der Waals surface area contributed by atoms with Gasteiger partial charge in [0.25, 0.3) is 0 Å². The van der Waals surface area contributed by atoms with E-state index in [2.05, 4.69) is 20.6 Å². The standard InChI is InChI=1S/C17H21FN4S/c1-12-20-9-13(23-12)10-21-16(19-2)22-11-17(7-8-17)14-5-3-4-6-15(14)18/h3-6,9H,7-8,10-11H2,1-2H3,(H2,19,21,22). The number of benzene rings is 1. The molecule has 0 atom stereocenters. The van der Waals surface area contributed by atoms with E-state index in [0.717, 1.165) is 29.4 Å². The van der Waals surface area contributed by atoms with Gasteiger partial charge in [-0.3, -0.25) is 4.99 Å². The average Bonchev–Trinajstić information content (AvgIpc) is 3.22. The van der Waals surface area contributed by atoms with E-state index in [1.165, 1.54) is 10.9 Å². The van der Waals surface area contributed by atoms with Gasteiger partial charge in [0.15, 0.2) is 5.96 Å². The molecule has 1 aromatic heterocycles. The maximum Gasteiger partial charge on any atom is 0.191 e. The van der Waals surface area contributed by atoms with Gasteiger partial charge >= 0.3 is 0 Å². The van der Waals surface area contributed by atoms with Gasteiger partial charge in [-0.15, -0.1) is 11.3 Å². The summed E-state index contributed by atoms with van der Waals surface area (Å²) in [4.78, 5) is 9.65. The molecule has 1 aliphatic carbocycles. The van der Waals surface area contributed by atoms with Crippen LogP contribution in [0.4, 0.5) is 4.39 Å². The van der Waals surface area contributed by atoms with E-state index >= 15 is 0 Å². The van der Waals surface area contributed by atoms with Gasteiger partial charge < -0.3 is 10.6 Å². The van der Waals surface area contributed by atoms with Crippen LogP contribution in [-0.4, -0.2) is 24.5 Å². The van der Waals surface area contributed by atoms with Crippen LogP contribution in [0.3, 0.4) is 0 Å². The van der Waals surface area contributed by atoms with E-state index in [1.807, 2.05) is 25.3 Å². The van der Waals surface area contributed by atoms with Gasteiger partial charge in [-0.2, -0.15) is 0 Å². The summed E-state index contributed by atoms with van der Waals surface area (Å²) in [7, 11) is 1.75. The van der Waals surface area contributed by atoms with E-state index in [-0.39, 0.29) is 11.2 Å². The molecule has 6 heteroatoms. The molecule has 0 unspecified atom stereocenters. The number of aryl methyl sites for hydroxylation is 1. The van der Waals surface area contributed by atoms with E-state index in [9.17, 15) is 4.39 Å². The summed E-state index contributed by atoms with van der Waals surface area (Å²) in [5, 5.41) is 7.67. The van der Waals surface area contributed by atoms with Gasteiger partial charge in [-0.05, 0) is 31.4 Å². The molecule has 1 fully saturated rings. The lowest BCUT2D eigenvalue weighted by Gasteiger charge is -2.19. The summed E-state index contributed by atoms with van der Waals surface area (Å²) in [5.74, 6) is 0.619. The van der Waals surface area contributed by atoms with Crippen molar-refractivity contribution in [2.45, 2.75) is 31.7 Å². The fraction of sp³-hybridized carbons (Fsp3) is 0.412. The molecule has 0 spiro atoms. The third-order valence-electron chi connectivity index (χ3n) is 4.22. The lowest BCUT2D eigenvalue weighted by Crippen LogP contribution is -2.41. The first-order valence-corrected chi connectivity index (χ1v) is 8.55. The number of hydrogen-bond acceptors (Lipinski definition) is 3. The first kappa shape index (κ1) is 15.9. The van der Waals surface area contributed by atoms with Crippen LogP contribution in [0.1, 0.15) is 28.3 Å². The van der Waals surface area contributed by atoms with Crippen molar-refractivity contribution in [2.75, 3.05) is 13.6 Å². The Bertz CT molecular complexity index is 706. The molecule has 0 bridgehead atoms. The summed E-state index contributed by atoms with van der Waals surface area (Å²) in [6.07, 6.45) is 3.89. The zero-order valence-corrected chi connectivity index (χ0v) is 14.2. The van der Waals surface area contributed by atoms with Crippen molar-refractivity contribution in [3.63, 3.8) is 0 Å². The Hall–Kier alpha value is -1.95. The highest BCUT2D eigenvalue weighted by Gasteiger charge is 2.45. The summed E-state index contributed by atoms with van der Waals surface area (Å²) in [6.45, 7) is 3.37. The van der Waals surface area contributed by atoms with Crippen LogP contribution in [-0.2, 0) is 12.0 Å². The van der Waals surface area contributed by atoms with E-state index in [4.69, 9.17) is 0 Å². The Labute approximate surface area is 139 Å². The number of nitrogens with one attached hydrogen (secondary N) is 2. The molecule has 0 amide bonds. The minimum absolute atomic E-state index is 0.0932. The largest absolute Gasteiger partial charge is 0.356 e. The van der Waals surface area contributed by atoms with Crippen LogP contribution in [0, 0.1) is 12.7 Å². The third-order valence-corrected chi connectivity index (χ3v) is 5.13. The molecule has 0 radical (unpaired) electrons. The van der Waals surface area contributed by atoms with Crippen molar-refractivity contribution in [3.8, 4) is 0 Å². The average molecular weight is 332 g/mol. The second kappa shape index (κ2) is 6.66. The molecule has 1 aromatic carbocycles. The fourth-order valence-corrected chi connectivity index (χ4v) is 3.45. The first-order valence-electron chi connectivity index (χ1n) is 7.74. The van der Waals surface area contributed by atoms with Crippen molar-refractivity contribution >= 4 is 17.3 Å². The molecule has 0 aliphatic heterocycles. The Morgan fingerprint density at radius 2 is 2.13 bits per heavy atom. The Morgan fingerprint density at radius 1 is 1.35 bits per heavy atom. The zero-order chi connectivity index (χ0) is 16.3. The predicted octanol–water partition coefficient (Wildman–Crippen LogP) is 2.99. The molecule has 23 heavy (non-hydrogen) atoms. The molecule has 4 nitrogen and oxygen atoms in total. The zero-order valence-electron chi connectivity index (χ0n) is 13.4. The molecule has 2 N–H and O–H groups in total. The predicted molar refractivity (Wildman–Crippen MR) is 92.4 cm³/mol. The number of halogens is 1. The number of thiazole rings is 1. The molecular weight excluding hydrogens is 311 g/mol. The first-order chi connectivity index (χ1) is 11.1. The van der Waals surface area contributed by atoms with Crippen molar-refractivity contribution in [2.24, 2.45) is 4.99 Å². The highest BCUT2D eigenvalue weighted by molar-refractivity contribution is 7.11. The summed E-state index contributed by atoms with van der Waals surface area (Å²) in [5.41, 5.74) is 0.713. The number of hydrogen-bond donors (Lipinski definition) is 2. The Morgan fingerprint density at radius 3 is 2.74 bits per heavy atom. The summed E-state index contributed by atoms with van der Waals surface area (Å²) < 4.78 is 14.0. The van der Waals surface area contributed by atoms with Crippen LogP contribution in [0.25, 0.3) is 0 Å². The summed E-state index contributed by atoms with van der Waals surface area (Å²) in [6, 6.07) is 7.06. The fourth-order valence-electron chi connectivity index (χ4n) is 2.71. The highest BCUT2D eigenvalue weighted by atomic mass is 32.1. The topological polar surface area (TPSA) is 49.3 Å². The monoisotopic (exact) mass is 332 g/mol. The van der Waals surface area contributed by atoms with Crippen LogP contribution in [0.5, 0.6) is 0 Å². The second-order valence-electron chi connectivity index (χ2n) is 5.89. The van der Waals surface area contributed by atoms with E-state index in [0.29, 0.717) is 13.1 Å². The number of rotatable bonds is 5. The number of guanidine groups is 1. The van der Waals surface area contributed by atoms with Gasteiger partial charge in [0.05, 0.1) is 11.6 Å². The SMILES string of the molecule is CN=C(NCc1cnc(C)s1)NCC1(c2ccccc2F)CC1. The van der Waals surface area contributed by atoms with Crippen LogP contribution < -0.4 is 10.6 Å². The minimum atomic E-state index is -0.116. The molecule has 1 heterocycles. The second-order valence-corrected chi connectivity index (χ2v) is 7.20. The molecule has 0 saturated heterocycles. The van der Waals surface area contributed by atoms with Gasteiger partial charge in [0, 0.05) is 30.1 Å². The molecule has 2 aromatic rings. The van der Waals surface area contributed by atoms with Crippen molar-refractivity contribution in [1.82, 2.24) is 15.6 Å². The van der Waals surface area contributed by atoms with Crippen molar-refractivity contribution in [1.29, 1.82) is 0 Å². The normalized spacial score (nSPS) is 16.2. The van der Waals surface area contributed by atoms with E-state index < -0.39 is 0 Å². The lowest BCUT2D eigenvalue weighted by atomic mass is 9.95. The molecule has 1 saturated carbocycles. The highest BCUT2D eigenvalue weighted by Crippen LogP contribution is 2.48. The Balaban J connectivity index is 1.57. The van der Waals surface area contributed by atoms with Gasteiger partial charge in [0.1, 0.15) is 5.82 Å². The number of aliphatic imine (C=N–C) groups is 1. The molecule has 1 aliphatic rings. The van der Waals surface area contributed by atoms with Crippen LogP contribution in [0.2, 0.25) is 0 Å². The lowest BCUT2D eigenvalue weighted by molar-refractivity contribution is 0.560. The van der Waals surface area contributed by atoms with E-state index in [1.54, 1.807) is 24.5 Å². The summed E-state index contributed by atoms with van der Waals surface area (Å²) >= 11 is 1.67. The third kappa shape index (κ3) is 3.69. The van der Waals surface area contributed by atoms with Gasteiger partial charge in [-0.1, -0.05) is 18.2 Å². The smallest absolute Gasteiger partial charge is 0.191 e. The van der Waals surface area contributed by atoms with Gasteiger partial charge in [-0.25, -0.2) is 9.37 Å². The van der Waals surface area contributed by atoms with Crippen LogP contribution in [0.15, 0.2) is 35.5 Å². The Kier molecular flexibility index (Phi) is 4.61. The van der Waals surface area contributed by atoms with Crippen molar-refractivity contribution < 1.29 is 4.39 Å². The van der Waals surface area contributed by atoms with Crippen LogP contribution >= 0.6 is 11.3 Å². The minimum Gasteiger partial charge on any atom is -0.356 e. The molecule has 122 valence electrons. The quantitative estimate of drug-likeness (QED) is 0.654. The van der Waals surface area contributed by atoms with Crippen molar-refractivity contribution in [3.05, 3.63) is 51.7 Å². The van der Waals surface area contributed by atoms with Gasteiger partial charge in [0.2, 0.25) is 0 Å². The molecular formula is C17H21FN4S. The maximum absolute atomic E-state index is 14.0. The number of nitrogens with zero attached hydrogens (tertiary/aromatic N) is 2. The number of aromatic nitrogens is 1. The maximum atomic E-state index is 14.0. The molecule has 3 rings (SSSR count).